The molecule has 8 heteroatoms. The van der Waals surface area contributed by atoms with Crippen molar-refractivity contribution in [2.75, 3.05) is 11.4 Å². The van der Waals surface area contributed by atoms with Crippen molar-refractivity contribution in [1.29, 1.82) is 0 Å². The Morgan fingerprint density at radius 1 is 1.15 bits per heavy atom. The van der Waals surface area contributed by atoms with Gasteiger partial charge in [-0.05, 0) is 30.7 Å². The molecule has 1 aliphatic heterocycles. The third-order valence-electron chi connectivity index (χ3n) is 4.42. The molecule has 3 rings (SSSR count). The van der Waals surface area contributed by atoms with E-state index in [1.54, 1.807) is 6.07 Å². The molecule has 0 radical (unpaired) electrons. The van der Waals surface area contributed by atoms with Gasteiger partial charge in [-0.1, -0.05) is 24.3 Å². The van der Waals surface area contributed by atoms with E-state index in [0.29, 0.717) is 0 Å². The van der Waals surface area contributed by atoms with Gasteiger partial charge in [0.25, 0.3) is 0 Å². The van der Waals surface area contributed by atoms with Crippen molar-refractivity contribution in [2.45, 2.75) is 19.1 Å². The number of amides is 2. The van der Waals surface area contributed by atoms with Crippen LogP contribution in [0, 0.1) is 11.7 Å². The van der Waals surface area contributed by atoms with E-state index in [2.05, 4.69) is 5.32 Å². The van der Waals surface area contributed by atoms with Crippen molar-refractivity contribution in [3.05, 3.63) is 65.5 Å². The van der Waals surface area contributed by atoms with Crippen LogP contribution in [-0.4, -0.2) is 18.4 Å². The summed E-state index contributed by atoms with van der Waals surface area (Å²) in [5, 5.41) is 2.51. The number of alkyl halides is 3. The van der Waals surface area contributed by atoms with Crippen molar-refractivity contribution in [1.82, 2.24) is 5.32 Å². The van der Waals surface area contributed by atoms with E-state index >= 15 is 0 Å². The van der Waals surface area contributed by atoms with Crippen LogP contribution < -0.4 is 10.2 Å². The van der Waals surface area contributed by atoms with Gasteiger partial charge < -0.3 is 10.2 Å². The van der Waals surface area contributed by atoms with Gasteiger partial charge in [0, 0.05) is 24.3 Å². The van der Waals surface area contributed by atoms with Crippen LogP contribution >= 0.6 is 0 Å². The largest absolute Gasteiger partial charge is 0.416 e. The average Bonchev–Trinajstić information content (AvgIpc) is 3.02. The zero-order chi connectivity index (χ0) is 19.6. The highest BCUT2D eigenvalue weighted by atomic mass is 19.4. The molecular formula is C19H16F4N2O2. The summed E-state index contributed by atoms with van der Waals surface area (Å²) >= 11 is 0. The van der Waals surface area contributed by atoms with Gasteiger partial charge in [-0.3, -0.25) is 9.59 Å². The molecule has 1 atom stereocenters. The minimum Gasteiger partial charge on any atom is -0.351 e. The summed E-state index contributed by atoms with van der Waals surface area (Å²) in [7, 11) is 0. The first kappa shape index (κ1) is 18.9. The fourth-order valence-electron chi connectivity index (χ4n) is 2.98. The number of nitrogens with one attached hydrogen (secondary N) is 1. The van der Waals surface area contributed by atoms with Crippen LogP contribution in [0.3, 0.4) is 0 Å². The van der Waals surface area contributed by atoms with Crippen LogP contribution in [0.4, 0.5) is 23.2 Å². The van der Waals surface area contributed by atoms with E-state index in [1.165, 1.54) is 35.2 Å². The van der Waals surface area contributed by atoms with Gasteiger partial charge >= 0.3 is 6.18 Å². The lowest BCUT2D eigenvalue weighted by Crippen LogP contribution is -2.36. The first-order valence-electron chi connectivity index (χ1n) is 8.27. The van der Waals surface area contributed by atoms with Crippen LogP contribution in [0.5, 0.6) is 0 Å². The molecule has 0 aliphatic carbocycles. The normalized spacial score (nSPS) is 17.3. The topological polar surface area (TPSA) is 49.4 Å². The van der Waals surface area contributed by atoms with Crippen LogP contribution in [0.2, 0.25) is 0 Å². The third kappa shape index (κ3) is 4.10. The molecule has 4 nitrogen and oxygen atoms in total. The summed E-state index contributed by atoms with van der Waals surface area (Å²) in [6.45, 7) is 0.0662. The molecule has 0 saturated carbocycles. The number of anilines is 1. The number of carbonyl (C=O) groups is 2. The van der Waals surface area contributed by atoms with E-state index in [4.69, 9.17) is 0 Å². The highest BCUT2D eigenvalue weighted by molar-refractivity contribution is 6.09. The minimum absolute atomic E-state index is 0.0706. The van der Waals surface area contributed by atoms with E-state index in [-0.39, 0.29) is 30.8 Å². The maximum atomic E-state index is 13.6. The number of halogens is 4. The lowest BCUT2D eigenvalue weighted by molar-refractivity contribution is -0.138. The number of hydrogen-bond donors (Lipinski definition) is 1. The monoisotopic (exact) mass is 380 g/mol. The highest BCUT2D eigenvalue weighted by Crippen LogP contribution is 2.33. The lowest BCUT2D eigenvalue weighted by Gasteiger charge is -2.18. The number of nitrogens with zero attached hydrogens (tertiary/aromatic N) is 1. The van der Waals surface area contributed by atoms with E-state index in [0.717, 1.165) is 12.1 Å². The molecular weight excluding hydrogens is 364 g/mol. The SMILES string of the molecule is O=C(NCc1ccccc1F)C1CCN(c2cccc(C(F)(F)F)c2)C1=O. The molecule has 0 aromatic heterocycles. The predicted molar refractivity (Wildman–Crippen MR) is 90.2 cm³/mol. The zero-order valence-corrected chi connectivity index (χ0v) is 14.1. The van der Waals surface area contributed by atoms with Gasteiger partial charge in [0.2, 0.25) is 11.8 Å². The summed E-state index contributed by atoms with van der Waals surface area (Å²) in [5.74, 6) is -2.62. The molecule has 0 bridgehead atoms. The van der Waals surface area contributed by atoms with Crippen molar-refractivity contribution in [2.24, 2.45) is 5.92 Å². The average molecular weight is 380 g/mol. The van der Waals surface area contributed by atoms with Crippen LogP contribution in [0.15, 0.2) is 48.5 Å². The molecule has 2 amide bonds. The molecule has 1 unspecified atom stereocenters. The standard InChI is InChI=1S/C19H16F4N2O2/c20-16-7-2-1-4-12(16)11-24-17(26)15-8-9-25(18(15)27)14-6-3-5-13(10-14)19(21,22)23/h1-7,10,15H,8-9,11H2,(H,24,26). The van der Waals surface area contributed by atoms with Crippen molar-refractivity contribution in [3.63, 3.8) is 0 Å². The number of benzene rings is 2. The number of rotatable bonds is 4. The van der Waals surface area contributed by atoms with Crippen LogP contribution in [0.25, 0.3) is 0 Å². The molecule has 142 valence electrons. The number of carbonyl (C=O) groups excluding carboxylic acids is 2. The summed E-state index contributed by atoms with van der Waals surface area (Å²) in [4.78, 5) is 25.9. The van der Waals surface area contributed by atoms with Gasteiger partial charge in [0.15, 0.2) is 0 Å². The second-order valence-corrected chi connectivity index (χ2v) is 6.19. The molecule has 0 spiro atoms. The zero-order valence-electron chi connectivity index (χ0n) is 14.1. The Morgan fingerprint density at radius 3 is 2.59 bits per heavy atom. The summed E-state index contributed by atoms with van der Waals surface area (Å²) in [6.07, 6.45) is -4.34. The fourth-order valence-corrected chi connectivity index (χ4v) is 2.98. The fraction of sp³-hybridized carbons (Fsp3) is 0.263. The maximum absolute atomic E-state index is 13.6. The Morgan fingerprint density at radius 2 is 1.89 bits per heavy atom. The second kappa shape index (κ2) is 7.38. The summed E-state index contributed by atoms with van der Waals surface area (Å²) in [5.41, 5.74) is -0.481. The third-order valence-corrected chi connectivity index (χ3v) is 4.42. The van der Waals surface area contributed by atoms with Gasteiger partial charge in [0.1, 0.15) is 11.7 Å². The van der Waals surface area contributed by atoms with E-state index in [9.17, 15) is 27.2 Å². The minimum atomic E-state index is -4.52. The Labute approximate surface area is 152 Å². The van der Waals surface area contributed by atoms with Crippen LogP contribution in [0.1, 0.15) is 17.5 Å². The first-order valence-corrected chi connectivity index (χ1v) is 8.27. The predicted octanol–water partition coefficient (Wildman–Crippen LogP) is 3.51. The first-order chi connectivity index (χ1) is 12.8. The molecule has 1 saturated heterocycles. The quantitative estimate of drug-likeness (QED) is 0.652. The molecule has 2 aromatic rings. The lowest BCUT2D eigenvalue weighted by atomic mass is 10.1. The molecule has 27 heavy (non-hydrogen) atoms. The van der Waals surface area contributed by atoms with Gasteiger partial charge in [-0.25, -0.2) is 4.39 Å². The maximum Gasteiger partial charge on any atom is 0.416 e. The molecule has 1 aliphatic rings. The Bertz CT molecular complexity index is 867. The van der Waals surface area contributed by atoms with Gasteiger partial charge in [0.05, 0.1) is 5.56 Å². The Balaban J connectivity index is 1.68. The molecule has 2 aromatic carbocycles. The highest BCUT2D eigenvalue weighted by Gasteiger charge is 2.38. The van der Waals surface area contributed by atoms with Crippen LogP contribution in [-0.2, 0) is 22.3 Å². The number of hydrogen-bond acceptors (Lipinski definition) is 2. The smallest absolute Gasteiger partial charge is 0.351 e. The van der Waals surface area contributed by atoms with E-state index in [1.807, 2.05) is 0 Å². The Kier molecular flexibility index (Phi) is 5.16. The summed E-state index contributed by atoms with van der Waals surface area (Å²) in [6, 6.07) is 10.3. The van der Waals surface area contributed by atoms with Crippen molar-refractivity contribution in [3.8, 4) is 0 Å². The van der Waals surface area contributed by atoms with Crippen molar-refractivity contribution < 1.29 is 27.2 Å². The molecule has 1 N–H and O–H groups in total. The van der Waals surface area contributed by atoms with Crippen molar-refractivity contribution >= 4 is 17.5 Å². The molecule has 1 heterocycles. The van der Waals surface area contributed by atoms with Gasteiger partial charge in [-0.15, -0.1) is 0 Å². The second-order valence-electron chi connectivity index (χ2n) is 6.19. The Hall–Kier alpha value is -2.90. The van der Waals surface area contributed by atoms with E-state index < -0.39 is 35.3 Å². The van der Waals surface area contributed by atoms with Gasteiger partial charge in [-0.2, -0.15) is 13.2 Å². The molecule has 1 fully saturated rings. The summed E-state index contributed by atoms with van der Waals surface area (Å²) < 4.78 is 52.2.